The number of epoxide rings is 1. The molecule has 13 heteroatoms. The fourth-order valence-corrected chi connectivity index (χ4v) is 7.24. The van der Waals surface area contributed by atoms with Gasteiger partial charge in [-0.05, 0) is 44.3 Å². The topological polar surface area (TPSA) is 185 Å². The second-order valence-corrected chi connectivity index (χ2v) is 15.8. The number of hydrogen-bond donors (Lipinski definition) is 5. The Kier molecular flexibility index (Phi) is 11.7. The molecule has 0 radical (unpaired) electrons. The van der Waals surface area contributed by atoms with E-state index in [0.717, 1.165) is 24.8 Å². The smallest absolute Gasteiger partial charge is 0.309 e. The van der Waals surface area contributed by atoms with Gasteiger partial charge < -0.3 is 30.3 Å². The second-order valence-electron chi connectivity index (χ2n) is 12.7. The number of rotatable bonds is 7. The summed E-state index contributed by atoms with van der Waals surface area (Å²) >= 11 is 1.34. The molecule has 42 heavy (non-hydrogen) atoms. The van der Waals surface area contributed by atoms with E-state index in [2.05, 4.69) is 10.1 Å². The number of nitrogens with one attached hydrogen (secondary N) is 1. The third-order valence-electron chi connectivity index (χ3n) is 8.77. The summed E-state index contributed by atoms with van der Waals surface area (Å²) in [6, 6.07) is 0. The lowest BCUT2D eigenvalue weighted by Crippen LogP contribution is -2.45. The second kappa shape index (κ2) is 14.1. The molecule has 0 saturated carbocycles. The van der Waals surface area contributed by atoms with Gasteiger partial charge in [-0.2, -0.15) is 0 Å². The number of ketones is 1. The van der Waals surface area contributed by atoms with Crippen molar-refractivity contribution in [3.8, 4) is 0 Å². The number of aromatic nitrogens is 1. The van der Waals surface area contributed by atoms with E-state index in [9.17, 15) is 29.3 Å². The maximum Gasteiger partial charge on any atom is 0.309 e. The van der Waals surface area contributed by atoms with Gasteiger partial charge in [0.1, 0.15) is 16.9 Å². The molecule has 2 unspecified atom stereocenters. The number of aliphatic hydroxyl groups is 2. The number of aliphatic hydroxyl groups excluding tert-OH is 2. The Balaban J connectivity index is 1.80. The third-order valence-corrected chi connectivity index (χ3v) is 11.2. The maximum atomic E-state index is 13.3. The van der Waals surface area contributed by atoms with Gasteiger partial charge in [-0.3, -0.25) is 14.2 Å². The van der Waals surface area contributed by atoms with Crippen LogP contribution in [0.1, 0.15) is 84.3 Å². The van der Waals surface area contributed by atoms with Crippen molar-refractivity contribution in [1.29, 1.82) is 0 Å². The van der Waals surface area contributed by atoms with E-state index in [1.54, 1.807) is 20.8 Å². The first-order valence-corrected chi connectivity index (χ1v) is 17.4. The van der Waals surface area contributed by atoms with Crippen LogP contribution in [-0.2, 0) is 30.2 Å². The maximum absolute atomic E-state index is 13.3. The highest BCUT2D eigenvalue weighted by atomic mass is 32.1. The van der Waals surface area contributed by atoms with Crippen molar-refractivity contribution in [3.63, 3.8) is 0 Å². The number of esters is 1. The van der Waals surface area contributed by atoms with Crippen molar-refractivity contribution in [3.05, 3.63) is 21.7 Å². The van der Waals surface area contributed by atoms with Crippen molar-refractivity contribution in [1.82, 2.24) is 10.1 Å². The minimum Gasteiger partial charge on any atom is -0.458 e. The number of hydrogen-bond acceptors (Lipinski definition) is 10. The zero-order chi connectivity index (χ0) is 31.5. The van der Waals surface area contributed by atoms with Crippen LogP contribution in [0.3, 0.4) is 0 Å². The average molecular weight is 630 g/mol. The van der Waals surface area contributed by atoms with E-state index in [4.69, 9.17) is 15.2 Å². The first kappa shape index (κ1) is 35.0. The molecule has 2 fully saturated rings. The van der Waals surface area contributed by atoms with Crippen molar-refractivity contribution in [2.75, 3.05) is 12.7 Å². The lowest BCUT2D eigenvalue weighted by molar-refractivity contribution is -0.154. The number of thiazole rings is 1. The summed E-state index contributed by atoms with van der Waals surface area (Å²) < 4.78 is 24.0. The summed E-state index contributed by atoms with van der Waals surface area (Å²) in [5.74, 6) is -1.75. The number of Topliss-reactive ketones (excluding diaryl/α,β-unsaturated/α-hetero) is 1. The fraction of sp³-hybridized carbons (Fsp3) is 0.759. The molecule has 11 nitrogen and oxygen atoms in total. The molecule has 3 rings (SSSR count). The molecule has 238 valence electrons. The molecule has 1 aromatic heterocycles. The molecule has 6 N–H and O–H groups in total. The van der Waals surface area contributed by atoms with Crippen molar-refractivity contribution < 1.29 is 38.7 Å². The van der Waals surface area contributed by atoms with Crippen LogP contribution < -0.4 is 10.8 Å². The molecule has 0 spiro atoms. The standard InChI is InChI=1S/C29H48N3O8PS/c1-17-8-7-9-29(6)23(40-29)13-21(39-25(34)14-22(33)28(4,5)27(36)19(3)26(17)35)18(2)12-20-16-42-24(32-20)15-31-41(37,38)11-10-30/h12,16-17,19,21-23,26,33,35H,7-11,13-15,30H2,1-6H3,(H2,31,37,38)/b18-12+/t17-,19+,21-,22-,23?,26-,29+/m0/s1. The van der Waals surface area contributed by atoms with Crippen molar-refractivity contribution in [2.24, 2.45) is 23.0 Å². The van der Waals surface area contributed by atoms with Crippen LogP contribution in [0.25, 0.3) is 6.08 Å². The molecule has 3 heterocycles. The Bertz CT molecular complexity index is 1190. The summed E-state index contributed by atoms with van der Waals surface area (Å²) in [6.07, 6.45) is 1.20. The Labute approximate surface area is 252 Å². The molecule has 2 aliphatic heterocycles. The quantitative estimate of drug-likeness (QED) is 0.169. The van der Waals surface area contributed by atoms with Gasteiger partial charge in [0.15, 0.2) is 0 Å². The summed E-state index contributed by atoms with van der Waals surface area (Å²) in [4.78, 5) is 40.8. The highest BCUT2D eigenvalue weighted by Crippen LogP contribution is 2.45. The normalized spacial score (nSPS) is 34.8. The fourth-order valence-electron chi connectivity index (χ4n) is 5.54. The number of carbonyl (C=O) groups excluding carboxylic acids is 2. The summed E-state index contributed by atoms with van der Waals surface area (Å²) in [6.45, 7) is 10.9. The van der Waals surface area contributed by atoms with Gasteiger partial charge in [0.05, 0.1) is 54.1 Å². The Morgan fingerprint density at radius 2 is 1.98 bits per heavy atom. The third kappa shape index (κ3) is 9.01. The van der Waals surface area contributed by atoms with Gasteiger partial charge in [0.25, 0.3) is 7.52 Å². The lowest BCUT2D eigenvalue weighted by Gasteiger charge is -2.34. The molecule has 1 aromatic rings. The summed E-state index contributed by atoms with van der Waals surface area (Å²) in [7, 11) is -3.53. The van der Waals surface area contributed by atoms with Crippen LogP contribution in [0, 0.1) is 17.3 Å². The van der Waals surface area contributed by atoms with E-state index < -0.39 is 43.1 Å². The summed E-state index contributed by atoms with van der Waals surface area (Å²) in [5, 5.41) is 26.9. The van der Waals surface area contributed by atoms with Crippen molar-refractivity contribution in [2.45, 2.75) is 110 Å². The van der Waals surface area contributed by atoms with Crippen LogP contribution >= 0.6 is 18.9 Å². The van der Waals surface area contributed by atoms with E-state index >= 15 is 0 Å². The van der Waals surface area contributed by atoms with Gasteiger partial charge in [-0.25, -0.2) is 10.1 Å². The molecule has 0 aliphatic carbocycles. The minimum absolute atomic E-state index is 0.0283. The Morgan fingerprint density at radius 1 is 1.29 bits per heavy atom. The lowest BCUT2D eigenvalue weighted by atomic mass is 9.73. The monoisotopic (exact) mass is 629 g/mol. The van der Waals surface area contributed by atoms with Gasteiger partial charge in [0.2, 0.25) is 0 Å². The van der Waals surface area contributed by atoms with Crippen LogP contribution in [0.5, 0.6) is 0 Å². The van der Waals surface area contributed by atoms with Crippen molar-refractivity contribution >= 4 is 36.7 Å². The zero-order valence-corrected chi connectivity index (χ0v) is 27.2. The number of fused-ring (bicyclic) bond motifs is 1. The highest BCUT2D eigenvalue weighted by Gasteiger charge is 2.53. The van der Waals surface area contributed by atoms with Crippen LogP contribution in [0.4, 0.5) is 0 Å². The zero-order valence-electron chi connectivity index (χ0n) is 25.5. The average Bonchev–Trinajstić information content (AvgIpc) is 3.31. The Morgan fingerprint density at radius 3 is 2.64 bits per heavy atom. The highest BCUT2D eigenvalue weighted by molar-refractivity contribution is 7.55. The van der Waals surface area contributed by atoms with Gasteiger partial charge in [0, 0.05) is 24.3 Å². The first-order valence-electron chi connectivity index (χ1n) is 14.7. The first-order chi connectivity index (χ1) is 19.5. The van der Waals surface area contributed by atoms with Crippen LogP contribution in [-0.4, -0.2) is 74.6 Å². The molecule has 0 amide bonds. The van der Waals surface area contributed by atoms with E-state index in [1.807, 2.05) is 32.2 Å². The van der Waals surface area contributed by atoms with Gasteiger partial charge in [-0.1, -0.05) is 34.1 Å². The molecule has 2 aliphatic rings. The SMILES string of the molecule is C/C(=C\c1csc(CNP(=O)(O)CCN)n1)[C@@H]1CC2O[C@]2(C)CCC[C@H](C)[C@H](O)[C@@H](C)C(=O)C(C)(C)[C@@H](O)CC(=O)O1. The molecular formula is C29H48N3O8PS. The van der Waals surface area contributed by atoms with Gasteiger partial charge in [-0.15, -0.1) is 11.3 Å². The molecule has 0 aromatic carbocycles. The minimum atomic E-state index is -3.53. The van der Waals surface area contributed by atoms with Crippen LogP contribution in [0.15, 0.2) is 11.0 Å². The van der Waals surface area contributed by atoms with Gasteiger partial charge >= 0.3 is 5.97 Å². The molecule has 8 atom stereocenters. The predicted octanol–water partition coefficient (Wildman–Crippen LogP) is 3.40. The molecule has 0 bridgehead atoms. The predicted molar refractivity (Wildman–Crippen MR) is 162 cm³/mol. The number of nitrogens with zero attached hydrogens (tertiary/aromatic N) is 1. The number of ether oxygens (including phenoxy) is 2. The number of carbonyl (C=O) groups is 2. The molecular weight excluding hydrogens is 581 g/mol. The molecule has 2 saturated heterocycles. The Hall–Kier alpha value is -1.50. The van der Waals surface area contributed by atoms with Crippen LogP contribution in [0.2, 0.25) is 0 Å². The van der Waals surface area contributed by atoms with E-state index in [-0.39, 0.29) is 49.1 Å². The number of cyclic esters (lactones) is 1. The number of nitrogens with two attached hydrogens (primary N) is 1. The largest absolute Gasteiger partial charge is 0.458 e. The van der Waals surface area contributed by atoms with E-state index in [0.29, 0.717) is 17.1 Å². The van der Waals surface area contributed by atoms with E-state index in [1.165, 1.54) is 11.3 Å². The summed E-state index contributed by atoms with van der Waals surface area (Å²) in [5.41, 5.74) is 5.11.